The van der Waals surface area contributed by atoms with E-state index in [1.54, 1.807) is 0 Å². The molecule has 19 heavy (non-hydrogen) atoms. The molecule has 2 atom stereocenters. The summed E-state index contributed by atoms with van der Waals surface area (Å²) in [5.74, 6) is -0.448. The molecule has 8 heteroatoms. The number of carbonyl (C=O) groups is 1. The van der Waals surface area contributed by atoms with Crippen LogP contribution in [0, 0.1) is 0 Å². The molecule has 0 aliphatic carbocycles. The molecule has 0 unspecified atom stereocenters. The molecule has 3 N–H and O–H groups in total. The van der Waals surface area contributed by atoms with E-state index >= 15 is 0 Å². The predicted octanol–water partition coefficient (Wildman–Crippen LogP) is 1.16. The highest BCUT2D eigenvalue weighted by atomic mass is 19.3. The molecule has 0 amide bonds. The molecule has 0 bridgehead atoms. The van der Waals surface area contributed by atoms with Gasteiger partial charge in [0.25, 0.3) is 18.0 Å². The van der Waals surface area contributed by atoms with Crippen molar-refractivity contribution in [2.24, 2.45) is 0 Å². The standard InChI is InChI=1S/C9H12F2N2O2.C2H4O2/c10-9(11)6-3-5(1-2-12-6)7-4-8(14)13-15-7;1-2(3)4/h4-6,9,12H,1-3H2,(H,13,14);1H3,(H,3,4)/t5-,6-;/m1./s1. The second-order valence-electron chi connectivity index (χ2n) is 4.25. The maximum Gasteiger partial charge on any atom is 0.300 e. The Labute approximate surface area is 107 Å². The van der Waals surface area contributed by atoms with Crippen molar-refractivity contribution >= 4 is 5.97 Å². The van der Waals surface area contributed by atoms with Crippen LogP contribution in [0.5, 0.6) is 0 Å². The zero-order valence-electron chi connectivity index (χ0n) is 10.4. The first kappa shape index (κ1) is 15.4. The number of H-pyrrole nitrogens is 1. The number of aromatic amines is 1. The van der Waals surface area contributed by atoms with E-state index < -0.39 is 18.4 Å². The van der Waals surface area contributed by atoms with Crippen LogP contribution in [0.2, 0.25) is 0 Å². The largest absolute Gasteiger partial charge is 0.481 e. The first-order chi connectivity index (χ1) is 8.90. The lowest BCUT2D eigenvalue weighted by atomic mass is 9.90. The second kappa shape index (κ2) is 7.03. The fourth-order valence-corrected chi connectivity index (χ4v) is 1.90. The molecule has 1 aromatic rings. The number of piperidine rings is 1. The fourth-order valence-electron chi connectivity index (χ4n) is 1.90. The molecular formula is C11H16F2N2O4. The summed E-state index contributed by atoms with van der Waals surface area (Å²) in [6.07, 6.45) is -1.36. The molecule has 1 aromatic heterocycles. The van der Waals surface area contributed by atoms with Gasteiger partial charge in [0.2, 0.25) is 0 Å². The highest BCUT2D eigenvalue weighted by Crippen LogP contribution is 2.28. The molecule has 0 saturated carbocycles. The summed E-state index contributed by atoms with van der Waals surface area (Å²) in [6.45, 7) is 1.61. The fraction of sp³-hybridized carbons (Fsp3) is 0.636. The van der Waals surface area contributed by atoms with Crippen molar-refractivity contribution in [1.82, 2.24) is 10.5 Å². The van der Waals surface area contributed by atoms with E-state index in [9.17, 15) is 13.6 Å². The minimum absolute atomic E-state index is 0.0933. The zero-order chi connectivity index (χ0) is 14.4. The minimum Gasteiger partial charge on any atom is -0.481 e. The van der Waals surface area contributed by atoms with Gasteiger partial charge in [0.15, 0.2) is 0 Å². The predicted molar refractivity (Wildman–Crippen MR) is 62.4 cm³/mol. The molecule has 2 heterocycles. The summed E-state index contributed by atoms with van der Waals surface area (Å²) in [5.41, 5.74) is -0.322. The third kappa shape index (κ3) is 5.21. The Kier molecular flexibility index (Phi) is 5.68. The van der Waals surface area contributed by atoms with Crippen LogP contribution in [0.3, 0.4) is 0 Å². The zero-order valence-corrected chi connectivity index (χ0v) is 10.4. The number of halogens is 2. The van der Waals surface area contributed by atoms with Crippen LogP contribution in [0.4, 0.5) is 8.78 Å². The van der Waals surface area contributed by atoms with E-state index in [0.29, 0.717) is 25.1 Å². The summed E-state index contributed by atoms with van der Waals surface area (Å²) >= 11 is 0. The molecule has 2 rings (SSSR count). The number of aliphatic carboxylic acids is 1. The van der Waals surface area contributed by atoms with Crippen LogP contribution in [0.15, 0.2) is 15.4 Å². The van der Waals surface area contributed by atoms with Gasteiger partial charge in [-0.1, -0.05) is 0 Å². The smallest absolute Gasteiger partial charge is 0.300 e. The van der Waals surface area contributed by atoms with Gasteiger partial charge in [-0.3, -0.25) is 9.59 Å². The van der Waals surface area contributed by atoms with Gasteiger partial charge in [-0.25, -0.2) is 8.78 Å². The number of hydrogen-bond donors (Lipinski definition) is 3. The average Bonchev–Trinajstić information content (AvgIpc) is 2.75. The van der Waals surface area contributed by atoms with Gasteiger partial charge in [-0.2, -0.15) is 5.16 Å². The number of aromatic nitrogens is 1. The van der Waals surface area contributed by atoms with Gasteiger partial charge < -0.3 is 14.9 Å². The number of carboxylic acids is 1. The van der Waals surface area contributed by atoms with Crippen molar-refractivity contribution < 1.29 is 23.2 Å². The lowest BCUT2D eigenvalue weighted by Crippen LogP contribution is -2.42. The van der Waals surface area contributed by atoms with Crippen LogP contribution in [0.1, 0.15) is 31.4 Å². The van der Waals surface area contributed by atoms with Crippen molar-refractivity contribution in [3.05, 3.63) is 22.2 Å². The summed E-state index contributed by atoms with van der Waals surface area (Å²) in [4.78, 5) is 19.8. The molecule has 0 aromatic carbocycles. The average molecular weight is 278 g/mol. The lowest BCUT2D eigenvalue weighted by Gasteiger charge is -2.28. The minimum atomic E-state index is -2.38. The van der Waals surface area contributed by atoms with Crippen molar-refractivity contribution in [1.29, 1.82) is 0 Å². The number of rotatable bonds is 2. The van der Waals surface area contributed by atoms with Gasteiger partial charge in [0.1, 0.15) is 5.76 Å². The molecule has 0 radical (unpaired) electrons. The Morgan fingerprint density at radius 1 is 1.58 bits per heavy atom. The van der Waals surface area contributed by atoms with E-state index in [2.05, 4.69) is 10.5 Å². The molecule has 1 fully saturated rings. The summed E-state index contributed by atoms with van der Waals surface area (Å²) in [5, 5.41) is 12.3. The van der Waals surface area contributed by atoms with E-state index in [1.165, 1.54) is 6.07 Å². The number of hydrogen-bond acceptors (Lipinski definition) is 4. The Bertz CT molecular complexity index is 454. The Balaban J connectivity index is 0.000000399. The molecule has 6 nitrogen and oxygen atoms in total. The SMILES string of the molecule is CC(=O)O.O=c1cc([C@@H]2CCN[C@@H](C(F)F)C2)o[nH]1. The lowest BCUT2D eigenvalue weighted by molar-refractivity contribution is -0.134. The van der Waals surface area contributed by atoms with Gasteiger partial charge in [0, 0.05) is 18.9 Å². The van der Waals surface area contributed by atoms with Crippen molar-refractivity contribution in [2.75, 3.05) is 6.54 Å². The van der Waals surface area contributed by atoms with Crippen LogP contribution in [-0.4, -0.2) is 35.2 Å². The van der Waals surface area contributed by atoms with Crippen molar-refractivity contribution in [2.45, 2.75) is 38.2 Å². The topological polar surface area (TPSA) is 95.3 Å². The highest BCUT2D eigenvalue weighted by molar-refractivity contribution is 5.62. The number of alkyl halides is 2. The summed E-state index contributed by atoms with van der Waals surface area (Å²) in [7, 11) is 0. The molecule has 1 aliphatic heterocycles. The van der Waals surface area contributed by atoms with Gasteiger partial charge in [0.05, 0.1) is 6.04 Å². The first-order valence-corrected chi connectivity index (χ1v) is 5.79. The molecule has 108 valence electrons. The van der Waals surface area contributed by atoms with E-state index in [1.807, 2.05) is 0 Å². The summed E-state index contributed by atoms with van der Waals surface area (Å²) in [6, 6.07) is 0.530. The van der Waals surface area contributed by atoms with Gasteiger partial charge in [-0.05, 0) is 19.4 Å². The number of carboxylic acid groups (broad SMARTS) is 1. The molecule has 1 saturated heterocycles. The number of nitrogens with one attached hydrogen (secondary N) is 2. The van der Waals surface area contributed by atoms with Gasteiger partial charge >= 0.3 is 0 Å². The van der Waals surface area contributed by atoms with E-state index in [0.717, 1.165) is 6.92 Å². The van der Waals surface area contributed by atoms with Crippen LogP contribution in [-0.2, 0) is 4.79 Å². The van der Waals surface area contributed by atoms with Crippen molar-refractivity contribution in [3.8, 4) is 0 Å². The first-order valence-electron chi connectivity index (χ1n) is 5.79. The third-order valence-corrected chi connectivity index (χ3v) is 2.69. The van der Waals surface area contributed by atoms with Gasteiger partial charge in [-0.15, -0.1) is 0 Å². The third-order valence-electron chi connectivity index (χ3n) is 2.69. The Morgan fingerprint density at radius 2 is 2.21 bits per heavy atom. The van der Waals surface area contributed by atoms with Crippen LogP contribution < -0.4 is 10.9 Å². The Hall–Kier alpha value is -1.70. The highest BCUT2D eigenvalue weighted by Gasteiger charge is 2.30. The van der Waals surface area contributed by atoms with Crippen LogP contribution >= 0.6 is 0 Å². The molecular weight excluding hydrogens is 262 g/mol. The van der Waals surface area contributed by atoms with Crippen molar-refractivity contribution in [3.63, 3.8) is 0 Å². The quantitative estimate of drug-likeness (QED) is 0.754. The van der Waals surface area contributed by atoms with E-state index in [-0.39, 0.29) is 11.5 Å². The summed E-state index contributed by atoms with van der Waals surface area (Å²) < 4.78 is 29.8. The second-order valence-corrected chi connectivity index (χ2v) is 4.25. The monoisotopic (exact) mass is 278 g/mol. The maximum atomic E-state index is 12.5. The molecule has 0 spiro atoms. The van der Waals surface area contributed by atoms with Crippen LogP contribution in [0.25, 0.3) is 0 Å². The Morgan fingerprint density at radius 3 is 2.68 bits per heavy atom. The normalized spacial score (nSPS) is 22.7. The maximum absolute atomic E-state index is 12.5. The van der Waals surface area contributed by atoms with E-state index in [4.69, 9.17) is 14.4 Å². The molecule has 1 aliphatic rings.